The van der Waals surface area contributed by atoms with Gasteiger partial charge in [0.1, 0.15) is 0 Å². The summed E-state index contributed by atoms with van der Waals surface area (Å²) < 4.78 is 66.4. The molecule has 276 valence electrons. The first-order valence-electron chi connectivity index (χ1n) is 16.5. The molecule has 0 aliphatic rings. The Bertz CT molecular complexity index is 579. The smallest absolute Gasteiger partial charge is 0.305 e. The van der Waals surface area contributed by atoms with E-state index < -0.39 is 5.97 Å². The summed E-state index contributed by atoms with van der Waals surface area (Å²) in [4.78, 5) is 10.3. The largest absolute Gasteiger partial charge is 0.481 e. The highest BCUT2D eigenvalue weighted by molar-refractivity contribution is 14.1. The van der Waals surface area contributed by atoms with Crippen molar-refractivity contribution in [3.8, 4) is 0 Å². The quantitative estimate of drug-likeness (QED) is 0.0550. The van der Waals surface area contributed by atoms with Gasteiger partial charge < -0.3 is 61.9 Å². The molecule has 14 nitrogen and oxygen atoms in total. The Labute approximate surface area is 289 Å². The Morgan fingerprint density at radius 3 is 0.783 bits per heavy atom. The Morgan fingerprint density at radius 1 is 0.326 bits per heavy atom. The first-order chi connectivity index (χ1) is 22.8. The lowest BCUT2D eigenvalue weighted by Crippen LogP contribution is -2.15. The van der Waals surface area contributed by atoms with Crippen molar-refractivity contribution in [2.45, 2.75) is 32.1 Å². The van der Waals surface area contributed by atoms with E-state index in [1.165, 1.54) is 23.7 Å². The SMILES string of the molecule is O=C(O)CCOCCOCCOCCOCCOCCOCCOCCOCCOCCOCCOCCOCCCCCCI. The van der Waals surface area contributed by atoms with E-state index in [0.717, 1.165) is 13.0 Å². The molecule has 0 rings (SSSR count). The van der Waals surface area contributed by atoms with Gasteiger partial charge in [-0.3, -0.25) is 4.79 Å². The average Bonchev–Trinajstić information content (AvgIpc) is 3.05. The summed E-state index contributed by atoms with van der Waals surface area (Å²) in [5.74, 6) is -0.873. The van der Waals surface area contributed by atoms with Crippen LogP contribution < -0.4 is 0 Å². The fourth-order valence-electron chi connectivity index (χ4n) is 3.33. The third-order valence-electron chi connectivity index (χ3n) is 5.72. The minimum Gasteiger partial charge on any atom is -0.481 e. The van der Waals surface area contributed by atoms with Crippen molar-refractivity contribution >= 4 is 28.6 Å². The number of carboxylic acid groups (broad SMARTS) is 1. The zero-order valence-corrected chi connectivity index (χ0v) is 30.0. The maximum Gasteiger partial charge on any atom is 0.305 e. The van der Waals surface area contributed by atoms with Gasteiger partial charge in [0.05, 0.1) is 158 Å². The molecule has 0 atom stereocenters. The number of halogens is 1. The maximum atomic E-state index is 10.3. The zero-order chi connectivity index (χ0) is 33.3. The molecule has 0 bridgehead atoms. The van der Waals surface area contributed by atoms with E-state index in [1.54, 1.807) is 0 Å². The van der Waals surface area contributed by atoms with Crippen LogP contribution in [-0.2, 0) is 61.6 Å². The number of aliphatic carboxylic acids is 1. The highest BCUT2D eigenvalue weighted by Crippen LogP contribution is 2.02. The van der Waals surface area contributed by atoms with Crippen LogP contribution in [0.5, 0.6) is 0 Å². The lowest BCUT2D eigenvalue weighted by atomic mass is 10.2. The molecule has 0 radical (unpaired) electrons. The summed E-state index contributed by atoms with van der Waals surface area (Å²) in [7, 11) is 0. The first kappa shape index (κ1) is 45.7. The van der Waals surface area contributed by atoms with E-state index in [0.29, 0.717) is 145 Å². The summed E-state index contributed by atoms with van der Waals surface area (Å²) >= 11 is 2.42. The van der Waals surface area contributed by atoms with Crippen LogP contribution in [0.4, 0.5) is 0 Å². The lowest BCUT2D eigenvalue weighted by Gasteiger charge is -2.09. The van der Waals surface area contributed by atoms with Gasteiger partial charge in [-0.2, -0.15) is 0 Å². The number of unbranched alkanes of at least 4 members (excludes halogenated alkanes) is 3. The molecule has 0 fully saturated rings. The first-order valence-corrected chi connectivity index (χ1v) is 18.0. The molecule has 0 aromatic carbocycles. The summed E-state index contributed by atoms with van der Waals surface area (Å²) in [6, 6.07) is 0. The molecule has 15 heteroatoms. The number of hydrogen-bond acceptors (Lipinski definition) is 13. The van der Waals surface area contributed by atoms with Crippen LogP contribution in [0.1, 0.15) is 32.1 Å². The van der Waals surface area contributed by atoms with Gasteiger partial charge in [0.25, 0.3) is 0 Å². The van der Waals surface area contributed by atoms with Gasteiger partial charge in [-0.15, -0.1) is 0 Å². The van der Waals surface area contributed by atoms with Crippen LogP contribution in [0.25, 0.3) is 0 Å². The molecule has 0 saturated carbocycles. The van der Waals surface area contributed by atoms with Gasteiger partial charge in [-0.25, -0.2) is 0 Å². The van der Waals surface area contributed by atoms with Gasteiger partial charge in [0, 0.05) is 6.61 Å². The molecule has 0 aliphatic heterocycles. The van der Waals surface area contributed by atoms with Crippen LogP contribution in [0.15, 0.2) is 0 Å². The third-order valence-corrected chi connectivity index (χ3v) is 6.49. The number of ether oxygens (including phenoxy) is 12. The van der Waals surface area contributed by atoms with E-state index in [9.17, 15) is 4.79 Å². The van der Waals surface area contributed by atoms with Gasteiger partial charge in [-0.05, 0) is 17.3 Å². The van der Waals surface area contributed by atoms with Crippen molar-refractivity contribution in [3.05, 3.63) is 0 Å². The second kappa shape index (κ2) is 42.7. The van der Waals surface area contributed by atoms with Gasteiger partial charge in [0.15, 0.2) is 0 Å². The van der Waals surface area contributed by atoms with Crippen molar-refractivity contribution in [2.24, 2.45) is 0 Å². The van der Waals surface area contributed by atoms with Crippen LogP contribution in [-0.4, -0.2) is 174 Å². The summed E-state index contributed by atoms with van der Waals surface area (Å²) in [6.07, 6.45) is 4.96. The van der Waals surface area contributed by atoms with Crippen molar-refractivity contribution in [1.29, 1.82) is 0 Å². The number of hydrogen-bond donors (Lipinski definition) is 1. The number of rotatable bonds is 42. The van der Waals surface area contributed by atoms with E-state index in [1.807, 2.05) is 0 Å². The van der Waals surface area contributed by atoms with Crippen LogP contribution in [0.2, 0.25) is 0 Å². The molecule has 46 heavy (non-hydrogen) atoms. The highest BCUT2D eigenvalue weighted by atomic mass is 127. The summed E-state index contributed by atoms with van der Waals surface area (Å²) in [6.45, 7) is 12.1. The number of carbonyl (C=O) groups is 1. The minimum atomic E-state index is -0.873. The van der Waals surface area contributed by atoms with Crippen molar-refractivity contribution < 1.29 is 66.7 Å². The van der Waals surface area contributed by atoms with Crippen LogP contribution in [0, 0.1) is 0 Å². The molecule has 0 amide bonds. The number of carboxylic acids is 1. The molecular weight excluding hydrogens is 723 g/mol. The van der Waals surface area contributed by atoms with Crippen molar-refractivity contribution in [2.75, 3.05) is 163 Å². The average molecular weight is 785 g/mol. The minimum absolute atomic E-state index is 0.000886. The summed E-state index contributed by atoms with van der Waals surface area (Å²) in [5, 5.41) is 8.49. The third kappa shape index (κ3) is 43.7. The Balaban J connectivity index is 3.04. The normalized spacial score (nSPS) is 11.5. The van der Waals surface area contributed by atoms with E-state index in [2.05, 4.69) is 22.6 Å². The maximum absolute atomic E-state index is 10.3. The monoisotopic (exact) mass is 784 g/mol. The fourth-order valence-corrected chi connectivity index (χ4v) is 3.87. The van der Waals surface area contributed by atoms with Gasteiger partial charge >= 0.3 is 5.97 Å². The van der Waals surface area contributed by atoms with Gasteiger partial charge in [-0.1, -0.05) is 35.4 Å². The molecule has 0 aliphatic carbocycles. The van der Waals surface area contributed by atoms with Crippen LogP contribution >= 0.6 is 22.6 Å². The highest BCUT2D eigenvalue weighted by Gasteiger charge is 1.98. The van der Waals surface area contributed by atoms with Crippen molar-refractivity contribution in [1.82, 2.24) is 0 Å². The fraction of sp³-hybridized carbons (Fsp3) is 0.968. The number of alkyl halides is 1. The lowest BCUT2D eigenvalue weighted by molar-refractivity contribution is -0.138. The molecule has 0 aromatic rings. The molecule has 0 heterocycles. The van der Waals surface area contributed by atoms with Gasteiger partial charge in [0.2, 0.25) is 0 Å². The predicted molar refractivity (Wildman–Crippen MR) is 179 cm³/mol. The van der Waals surface area contributed by atoms with Crippen LogP contribution in [0.3, 0.4) is 0 Å². The second-order valence-electron chi connectivity index (χ2n) is 9.60. The Hall–Kier alpha value is -0.280. The molecule has 0 unspecified atom stereocenters. The van der Waals surface area contributed by atoms with Crippen molar-refractivity contribution in [3.63, 3.8) is 0 Å². The standard InChI is InChI=1S/C31H61IO14/c32-6-3-1-2-4-7-35-9-11-37-13-15-39-17-19-41-21-23-43-25-27-45-29-30-46-28-26-44-24-22-42-20-18-40-16-14-38-12-10-36-8-5-31(33)34/h1-30H2,(H,33,34). The molecule has 1 N–H and O–H groups in total. The molecule has 0 spiro atoms. The topological polar surface area (TPSA) is 148 Å². The summed E-state index contributed by atoms with van der Waals surface area (Å²) in [5.41, 5.74) is 0. The molecule has 0 saturated heterocycles. The van der Waals surface area contributed by atoms with E-state index in [-0.39, 0.29) is 13.0 Å². The second-order valence-corrected chi connectivity index (χ2v) is 10.7. The molecular formula is C31H61IO14. The Kier molecular flexibility index (Phi) is 42.5. The Morgan fingerprint density at radius 2 is 0.543 bits per heavy atom. The van der Waals surface area contributed by atoms with E-state index >= 15 is 0 Å². The zero-order valence-electron chi connectivity index (χ0n) is 27.8. The molecule has 0 aromatic heterocycles. The van der Waals surface area contributed by atoms with E-state index in [4.69, 9.17) is 61.9 Å². The predicted octanol–water partition coefficient (Wildman–Crippen LogP) is 2.66.